The number of ether oxygens (including phenoxy) is 1. The SMILES string of the molecule is CCOC(=O)c1c(NC(=O)c2c(-c3ccccc3)noc2C)sc(C)c1C. The Morgan fingerprint density at radius 2 is 1.85 bits per heavy atom. The van der Waals surface area contributed by atoms with Crippen molar-refractivity contribution in [3.8, 4) is 11.3 Å². The van der Waals surface area contributed by atoms with Crippen molar-refractivity contribution in [2.75, 3.05) is 11.9 Å². The van der Waals surface area contributed by atoms with Gasteiger partial charge in [-0.25, -0.2) is 4.79 Å². The summed E-state index contributed by atoms with van der Waals surface area (Å²) in [5.74, 6) is -0.409. The molecule has 2 aromatic heterocycles. The monoisotopic (exact) mass is 384 g/mol. The highest BCUT2D eigenvalue weighted by Gasteiger charge is 2.26. The molecular formula is C20H20N2O4S. The van der Waals surface area contributed by atoms with Crippen LogP contribution in [-0.2, 0) is 4.74 Å². The van der Waals surface area contributed by atoms with E-state index in [0.29, 0.717) is 27.6 Å². The van der Waals surface area contributed by atoms with Crippen LogP contribution in [0, 0.1) is 20.8 Å². The smallest absolute Gasteiger partial charge is 0.341 e. The van der Waals surface area contributed by atoms with Crippen LogP contribution in [-0.4, -0.2) is 23.6 Å². The molecule has 0 saturated carbocycles. The van der Waals surface area contributed by atoms with Gasteiger partial charge in [-0.3, -0.25) is 4.79 Å². The molecule has 0 unspecified atom stereocenters. The summed E-state index contributed by atoms with van der Waals surface area (Å²) in [6.45, 7) is 7.44. The zero-order valence-corrected chi connectivity index (χ0v) is 16.4. The Labute approximate surface area is 161 Å². The lowest BCUT2D eigenvalue weighted by Crippen LogP contribution is -2.16. The molecule has 0 fully saturated rings. The number of aryl methyl sites for hydroxylation is 2. The lowest BCUT2D eigenvalue weighted by atomic mass is 10.1. The second-order valence-corrected chi connectivity index (χ2v) is 7.22. The first-order valence-electron chi connectivity index (χ1n) is 8.54. The molecule has 0 saturated heterocycles. The molecule has 3 rings (SSSR count). The Morgan fingerprint density at radius 1 is 1.15 bits per heavy atom. The number of nitrogens with zero attached hydrogens (tertiary/aromatic N) is 1. The van der Waals surface area contributed by atoms with Gasteiger partial charge < -0.3 is 14.6 Å². The van der Waals surface area contributed by atoms with Crippen molar-refractivity contribution < 1.29 is 18.8 Å². The van der Waals surface area contributed by atoms with E-state index in [0.717, 1.165) is 16.0 Å². The summed E-state index contributed by atoms with van der Waals surface area (Å²) in [5, 5.41) is 7.34. The second kappa shape index (κ2) is 7.75. The quantitative estimate of drug-likeness (QED) is 0.642. The Kier molecular flexibility index (Phi) is 5.41. The molecule has 7 heteroatoms. The number of carbonyl (C=O) groups excluding carboxylic acids is 2. The molecule has 0 aliphatic carbocycles. The minimum atomic E-state index is -0.444. The van der Waals surface area contributed by atoms with Gasteiger partial charge in [-0.1, -0.05) is 35.5 Å². The van der Waals surface area contributed by atoms with Gasteiger partial charge in [0.25, 0.3) is 5.91 Å². The highest BCUT2D eigenvalue weighted by atomic mass is 32.1. The minimum Gasteiger partial charge on any atom is -0.462 e. The van der Waals surface area contributed by atoms with E-state index >= 15 is 0 Å². The Bertz CT molecular complexity index is 989. The maximum Gasteiger partial charge on any atom is 0.341 e. The zero-order chi connectivity index (χ0) is 19.6. The van der Waals surface area contributed by atoms with Gasteiger partial charge in [0.05, 0.1) is 12.2 Å². The van der Waals surface area contributed by atoms with Crippen molar-refractivity contribution in [1.29, 1.82) is 0 Å². The fourth-order valence-electron chi connectivity index (χ4n) is 2.76. The Morgan fingerprint density at radius 3 is 2.52 bits per heavy atom. The van der Waals surface area contributed by atoms with E-state index in [4.69, 9.17) is 9.26 Å². The van der Waals surface area contributed by atoms with Gasteiger partial charge in [-0.05, 0) is 33.3 Å². The molecule has 0 bridgehead atoms. The van der Waals surface area contributed by atoms with Gasteiger partial charge in [-0.15, -0.1) is 11.3 Å². The predicted molar refractivity (Wildman–Crippen MR) is 104 cm³/mol. The van der Waals surface area contributed by atoms with E-state index in [1.807, 2.05) is 44.2 Å². The molecule has 0 atom stereocenters. The molecule has 0 spiro atoms. The van der Waals surface area contributed by atoms with Crippen molar-refractivity contribution >= 4 is 28.2 Å². The number of hydrogen-bond donors (Lipinski definition) is 1. The van der Waals surface area contributed by atoms with Gasteiger partial charge in [-0.2, -0.15) is 0 Å². The predicted octanol–water partition coefficient (Wildman–Crippen LogP) is 4.76. The first-order valence-corrected chi connectivity index (χ1v) is 9.35. The van der Waals surface area contributed by atoms with Gasteiger partial charge in [0.1, 0.15) is 22.0 Å². The van der Waals surface area contributed by atoms with E-state index in [1.165, 1.54) is 11.3 Å². The fraction of sp³-hybridized carbons (Fsp3) is 0.250. The van der Waals surface area contributed by atoms with Crippen LogP contribution in [0.4, 0.5) is 5.00 Å². The van der Waals surface area contributed by atoms with Crippen LogP contribution in [0.5, 0.6) is 0 Å². The molecule has 0 aliphatic heterocycles. The van der Waals surface area contributed by atoms with Crippen LogP contribution in [0.25, 0.3) is 11.3 Å². The summed E-state index contributed by atoms with van der Waals surface area (Å²) in [4.78, 5) is 26.3. The number of esters is 1. The molecule has 0 radical (unpaired) electrons. The molecule has 1 aromatic carbocycles. The van der Waals surface area contributed by atoms with E-state index < -0.39 is 5.97 Å². The fourth-order valence-corrected chi connectivity index (χ4v) is 3.81. The summed E-state index contributed by atoms with van der Waals surface area (Å²) >= 11 is 1.34. The summed E-state index contributed by atoms with van der Waals surface area (Å²) in [6.07, 6.45) is 0. The highest BCUT2D eigenvalue weighted by Crippen LogP contribution is 2.34. The average molecular weight is 384 g/mol. The zero-order valence-electron chi connectivity index (χ0n) is 15.6. The van der Waals surface area contributed by atoms with Crippen LogP contribution in [0.2, 0.25) is 0 Å². The maximum absolute atomic E-state index is 13.0. The third kappa shape index (κ3) is 3.64. The Balaban J connectivity index is 1.97. The number of amides is 1. The number of rotatable bonds is 5. The molecule has 6 nitrogen and oxygen atoms in total. The number of aromatic nitrogens is 1. The van der Waals surface area contributed by atoms with Gasteiger partial charge in [0.2, 0.25) is 0 Å². The van der Waals surface area contributed by atoms with Crippen molar-refractivity contribution in [2.24, 2.45) is 0 Å². The van der Waals surface area contributed by atoms with Gasteiger partial charge in [0.15, 0.2) is 0 Å². The van der Waals surface area contributed by atoms with Crippen molar-refractivity contribution in [1.82, 2.24) is 5.16 Å². The van der Waals surface area contributed by atoms with Crippen LogP contribution >= 0.6 is 11.3 Å². The van der Waals surface area contributed by atoms with Crippen molar-refractivity contribution in [2.45, 2.75) is 27.7 Å². The lowest BCUT2D eigenvalue weighted by Gasteiger charge is -2.07. The molecule has 0 aliphatic rings. The maximum atomic E-state index is 13.0. The molecule has 3 aromatic rings. The first-order chi connectivity index (χ1) is 12.9. The van der Waals surface area contributed by atoms with E-state index in [2.05, 4.69) is 10.5 Å². The summed E-state index contributed by atoms with van der Waals surface area (Å²) in [5.41, 5.74) is 2.79. The summed E-state index contributed by atoms with van der Waals surface area (Å²) in [6, 6.07) is 9.34. The van der Waals surface area contributed by atoms with Crippen LogP contribution in [0.3, 0.4) is 0 Å². The molecule has 1 N–H and O–H groups in total. The molecule has 27 heavy (non-hydrogen) atoms. The third-order valence-electron chi connectivity index (χ3n) is 4.23. The van der Waals surface area contributed by atoms with Gasteiger partial charge in [0, 0.05) is 10.4 Å². The average Bonchev–Trinajstić information content (AvgIpc) is 3.16. The Hall–Kier alpha value is -2.93. The summed E-state index contributed by atoms with van der Waals surface area (Å²) in [7, 11) is 0. The topological polar surface area (TPSA) is 81.4 Å². The standard InChI is InChI=1S/C20H20N2O4S/c1-5-25-20(24)15-11(2)13(4)27-19(15)21-18(23)16-12(3)26-22-17(16)14-9-7-6-8-10-14/h6-10H,5H2,1-4H3,(H,21,23). The van der Waals surface area contributed by atoms with E-state index in [-0.39, 0.29) is 12.5 Å². The minimum absolute atomic E-state index is 0.267. The molecule has 2 heterocycles. The number of hydrogen-bond acceptors (Lipinski definition) is 6. The van der Waals surface area contributed by atoms with Crippen LogP contribution in [0.1, 0.15) is 43.8 Å². The first kappa shape index (κ1) is 18.8. The molecular weight excluding hydrogens is 364 g/mol. The van der Waals surface area contributed by atoms with Crippen molar-refractivity contribution in [3.05, 3.63) is 57.7 Å². The molecule has 1 amide bonds. The van der Waals surface area contributed by atoms with Crippen LogP contribution < -0.4 is 5.32 Å². The summed E-state index contributed by atoms with van der Waals surface area (Å²) < 4.78 is 10.4. The van der Waals surface area contributed by atoms with Crippen LogP contribution in [0.15, 0.2) is 34.9 Å². The number of carbonyl (C=O) groups is 2. The van der Waals surface area contributed by atoms with E-state index in [9.17, 15) is 9.59 Å². The van der Waals surface area contributed by atoms with Crippen molar-refractivity contribution in [3.63, 3.8) is 0 Å². The highest BCUT2D eigenvalue weighted by molar-refractivity contribution is 7.16. The third-order valence-corrected chi connectivity index (χ3v) is 5.35. The van der Waals surface area contributed by atoms with E-state index in [1.54, 1.807) is 13.8 Å². The van der Waals surface area contributed by atoms with Gasteiger partial charge >= 0.3 is 5.97 Å². The number of nitrogens with one attached hydrogen (secondary N) is 1. The number of benzene rings is 1. The molecule has 140 valence electrons. The second-order valence-electron chi connectivity index (χ2n) is 5.99. The normalized spacial score (nSPS) is 10.7. The largest absolute Gasteiger partial charge is 0.462 e. The number of anilines is 1. The lowest BCUT2D eigenvalue weighted by molar-refractivity contribution is 0.0527. The number of thiophene rings is 1.